The van der Waals surface area contributed by atoms with E-state index in [1.807, 2.05) is 13.0 Å². The molecule has 3 rings (SSSR count). The molecule has 1 aromatic carbocycles. The fourth-order valence-corrected chi connectivity index (χ4v) is 2.80. The first-order valence-electron chi connectivity index (χ1n) is 6.75. The summed E-state index contributed by atoms with van der Waals surface area (Å²) in [6, 6.07) is 8.34. The Morgan fingerprint density at radius 2 is 2.20 bits per heavy atom. The number of hydrogen-bond acceptors (Lipinski definition) is 4. The lowest BCUT2D eigenvalue weighted by molar-refractivity contribution is -0.120. The average Bonchev–Trinajstić information content (AvgIpc) is 3.01. The standard InChI is InChI=1S/C15H17N3OS/c1-10-4-3-5-11(8-10)9-12-17-18-14(20-12)16-13(19)15(2)6-7-15/h3-5,8H,6-7,9H2,1-2H3,(H,16,18,19). The second kappa shape index (κ2) is 4.98. The van der Waals surface area contributed by atoms with Gasteiger partial charge in [0.15, 0.2) is 0 Å². The van der Waals surface area contributed by atoms with Crippen LogP contribution < -0.4 is 5.32 Å². The van der Waals surface area contributed by atoms with Crippen molar-refractivity contribution < 1.29 is 4.79 Å². The number of hydrogen-bond donors (Lipinski definition) is 1. The summed E-state index contributed by atoms with van der Waals surface area (Å²) in [7, 11) is 0. The summed E-state index contributed by atoms with van der Waals surface area (Å²) in [5.74, 6) is 0.0655. The van der Waals surface area contributed by atoms with E-state index in [2.05, 4.69) is 40.6 Å². The largest absolute Gasteiger partial charge is 0.300 e. The van der Waals surface area contributed by atoms with E-state index in [4.69, 9.17) is 0 Å². The lowest BCUT2D eigenvalue weighted by Gasteiger charge is -2.05. The topological polar surface area (TPSA) is 54.9 Å². The van der Waals surface area contributed by atoms with E-state index in [0.29, 0.717) is 5.13 Å². The van der Waals surface area contributed by atoms with Gasteiger partial charge in [-0.15, -0.1) is 10.2 Å². The van der Waals surface area contributed by atoms with Crippen LogP contribution in [0.5, 0.6) is 0 Å². The van der Waals surface area contributed by atoms with E-state index in [0.717, 1.165) is 24.3 Å². The molecule has 104 valence electrons. The van der Waals surface area contributed by atoms with Gasteiger partial charge >= 0.3 is 0 Å². The maximum atomic E-state index is 11.9. The summed E-state index contributed by atoms with van der Waals surface area (Å²) in [4.78, 5) is 11.9. The molecule has 1 saturated carbocycles. The predicted molar refractivity (Wildman–Crippen MR) is 79.9 cm³/mol. The van der Waals surface area contributed by atoms with E-state index in [1.165, 1.54) is 22.5 Å². The van der Waals surface area contributed by atoms with Crippen molar-refractivity contribution in [1.82, 2.24) is 10.2 Å². The third kappa shape index (κ3) is 2.88. The number of aromatic nitrogens is 2. The van der Waals surface area contributed by atoms with Gasteiger partial charge in [0.2, 0.25) is 11.0 Å². The first-order chi connectivity index (χ1) is 9.55. The van der Waals surface area contributed by atoms with E-state index < -0.39 is 0 Å². The van der Waals surface area contributed by atoms with Crippen molar-refractivity contribution in [1.29, 1.82) is 0 Å². The van der Waals surface area contributed by atoms with Crippen molar-refractivity contribution in [3.05, 3.63) is 40.4 Å². The highest BCUT2D eigenvalue weighted by Gasteiger charge is 2.45. The average molecular weight is 287 g/mol. The van der Waals surface area contributed by atoms with Gasteiger partial charge in [-0.05, 0) is 25.3 Å². The van der Waals surface area contributed by atoms with Gasteiger partial charge in [-0.3, -0.25) is 4.79 Å². The zero-order valence-corrected chi connectivity index (χ0v) is 12.5. The molecule has 2 aromatic rings. The van der Waals surface area contributed by atoms with Gasteiger partial charge in [-0.1, -0.05) is 48.1 Å². The van der Waals surface area contributed by atoms with E-state index >= 15 is 0 Å². The maximum absolute atomic E-state index is 11.9. The van der Waals surface area contributed by atoms with Crippen LogP contribution in [-0.4, -0.2) is 16.1 Å². The highest BCUT2D eigenvalue weighted by Crippen LogP contribution is 2.45. The summed E-state index contributed by atoms with van der Waals surface area (Å²) in [5.41, 5.74) is 2.28. The second-order valence-corrected chi connectivity index (χ2v) is 6.74. The molecule has 1 N–H and O–H groups in total. The highest BCUT2D eigenvalue weighted by atomic mass is 32.1. The highest BCUT2D eigenvalue weighted by molar-refractivity contribution is 7.15. The molecule has 1 aliphatic rings. The number of benzene rings is 1. The predicted octanol–water partition coefficient (Wildman–Crippen LogP) is 3.18. The van der Waals surface area contributed by atoms with Gasteiger partial charge in [-0.25, -0.2) is 0 Å². The second-order valence-electron chi connectivity index (χ2n) is 5.68. The zero-order chi connectivity index (χ0) is 14.2. The molecule has 0 radical (unpaired) electrons. The minimum absolute atomic E-state index is 0.0655. The Morgan fingerprint density at radius 3 is 2.90 bits per heavy atom. The number of amides is 1. The van der Waals surface area contributed by atoms with Gasteiger partial charge in [0, 0.05) is 11.8 Å². The van der Waals surface area contributed by atoms with Crippen molar-refractivity contribution in [3.8, 4) is 0 Å². The summed E-state index contributed by atoms with van der Waals surface area (Å²) in [5, 5.41) is 12.6. The van der Waals surface area contributed by atoms with Crippen LogP contribution in [0.15, 0.2) is 24.3 Å². The fraction of sp³-hybridized carbons (Fsp3) is 0.400. The molecule has 0 atom stereocenters. The molecule has 0 bridgehead atoms. The molecular weight excluding hydrogens is 270 g/mol. The Labute approximate surface area is 122 Å². The molecule has 1 aromatic heterocycles. The normalized spacial score (nSPS) is 15.9. The van der Waals surface area contributed by atoms with Crippen molar-refractivity contribution in [2.45, 2.75) is 33.1 Å². The first-order valence-corrected chi connectivity index (χ1v) is 7.56. The third-order valence-corrected chi connectivity index (χ3v) is 4.51. The zero-order valence-electron chi connectivity index (χ0n) is 11.6. The molecule has 1 heterocycles. The Hall–Kier alpha value is -1.75. The summed E-state index contributed by atoms with van der Waals surface area (Å²) in [6.07, 6.45) is 2.69. The van der Waals surface area contributed by atoms with Gasteiger partial charge in [-0.2, -0.15) is 0 Å². The lowest BCUT2D eigenvalue weighted by Crippen LogP contribution is -2.21. The molecule has 0 saturated heterocycles. The van der Waals surface area contributed by atoms with Crippen LogP contribution in [0, 0.1) is 12.3 Å². The maximum Gasteiger partial charge on any atom is 0.232 e. The fourth-order valence-electron chi connectivity index (χ4n) is 2.03. The summed E-state index contributed by atoms with van der Waals surface area (Å²) in [6.45, 7) is 4.06. The molecule has 1 fully saturated rings. The Morgan fingerprint density at radius 1 is 1.40 bits per heavy atom. The molecule has 4 nitrogen and oxygen atoms in total. The lowest BCUT2D eigenvalue weighted by atomic mass is 10.1. The van der Waals surface area contributed by atoms with Crippen LogP contribution in [0.25, 0.3) is 0 Å². The Bertz CT molecular complexity index is 646. The molecular formula is C15H17N3OS. The number of nitrogens with zero attached hydrogens (tertiary/aromatic N) is 2. The SMILES string of the molecule is Cc1cccc(Cc2nnc(NC(=O)C3(C)CC3)s2)c1. The summed E-state index contributed by atoms with van der Waals surface area (Å²) >= 11 is 1.45. The molecule has 0 unspecified atom stereocenters. The van der Waals surface area contributed by atoms with Gasteiger partial charge in [0.25, 0.3) is 0 Å². The van der Waals surface area contributed by atoms with Crippen LogP contribution >= 0.6 is 11.3 Å². The minimum atomic E-state index is -0.178. The van der Waals surface area contributed by atoms with E-state index in [-0.39, 0.29) is 11.3 Å². The molecule has 0 spiro atoms. The van der Waals surface area contributed by atoms with Gasteiger partial charge < -0.3 is 5.32 Å². The minimum Gasteiger partial charge on any atom is -0.300 e. The molecule has 20 heavy (non-hydrogen) atoms. The molecule has 1 amide bonds. The molecule has 0 aliphatic heterocycles. The number of carbonyl (C=O) groups is 1. The van der Waals surface area contributed by atoms with Crippen molar-refractivity contribution in [3.63, 3.8) is 0 Å². The van der Waals surface area contributed by atoms with Crippen LogP contribution in [-0.2, 0) is 11.2 Å². The van der Waals surface area contributed by atoms with Crippen LogP contribution in [0.1, 0.15) is 35.9 Å². The molecule has 1 aliphatic carbocycles. The number of nitrogens with one attached hydrogen (secondary N) is 1. The smallest absolute Gasteiger partial charge is 0.232 e. The number of aryl methyl sites for hydroxylation is 1. The Kier molecular flexibility index (Phi) is 3.30. The van der Waals surface area contributed by atoms with E-state index in [1.54, 1.807) is 0 Å². The monoisotopic (exact) mass is 287 g/mol. The van der Waals surface area contributed by atoms with Gasteiger partial charge in [0.05, 0.1) is 0 Å². The number of rotatable bonds is 4. The molecule has 5 heteroatoms. The third-order valence-electron chi connectivity index (χ3n) is 3.67. The van der Waals surface area contributed by atoms with Crippen LogP contribution in [0.3, 0.4) is 0 Å². The van der Waals surface area contributed by atoms with Crippen LogP contribution in [0.2, 0.25) is 0 Å². The van der Waals surface area contributed by atoms with Crippen molar-refractivity contribution >= 4 is 22.4 Å². The van der Waals surface area contributed by atoms with Crippen molar-refractivity contribution in [2.75, 3.05) is 5.32 Å². The van der Waals surface area contributed by atoms with Gasteiger partial charge in [0.1, 0.15) is 5.01 Å². The first kappa shape index (κ1) is 13.2. The number of anilines is 1. The number of carbonyl (C=O) groups excluding carboxylic acids is 1. The van der Waals surface area contributed by atoms with Crippen molar-refractivity contribution in [2.24, 2.45) is 5.41 Å². The summed E-state index contributed by atoms with van der Waals surface area (Å²) < 4.78 is 0. The van der Waals surface area contributed by atoms with E-state index in [9.17, 15) is 4.79 Å². The quantitative estimate of drug-likeness (QED) is 0.939. The van der Waals surface area contributed by atoms with Crippen LogP contribution in [0.4, 0.5) is 5.13 Å². The Balaban J connectivity index is 1.66.